The summed E-state index contributed by atoms with van der Waals surface area (Å²) in [5.74, 6) is 1.21. The van der Waals surface area contributed by atoms with Crippen LogP contribution in [0.4, 0.5) is 0 Å². The molecular formula is C19H20N4O3S. The first-order valence-corrected chi connectivity index (χ1v) is 9.43. The van der Waals surface area contributed by atoms with Gasteiger partial charge in [-0.15, -0.1) is 0 Å². The van der Waals surface area contributed by atoms with Gasteiger partial charge >= 0.3 is 0 Å². The summed E-state index contributed by atoms with van der Waals surface area (Å²) in [5.41, 5.74) is 1.05. The van der Waals surface area contributed by atoms with Crippen molar-refractivity contribution in [3.63, 3.8) is 0 Å². The van der Waals surface area contributed by atoms with E-state index in [4.69, 9.17) is 4.42 Å². The summed E-state index contributed by atoms with van der Waals surface area (Å²) in [6.45, 7) is 0.512. The van der Waals surface area contributed by atoms with Gasteiger partial charge in [0.15, 0.2) is 10.9 Å². The second-order valence-electron chi connectivity index (χ2n) is 5.63. The molecule has 0 fully saturated rings. The van der Waals surface area contributed by atoms with E-state index in [9.17, 15) is 9.90 Å². The maximum atomic E-state index is 12.7. The quantitative estimate of drug-likeness (QED) is 0.551. The smallest absolute Gasteiger partial charge is 0.289 e. The Labute approximate surface area is 161 Å². The van der Waals surface area contributed by atoms with Crippen LogP contribution in [0.3, 0.4) is 0 Å². The number of furan rings is 1. The molecule has 0 aliphatic carbocycles. The molecule has 2 N–H and O–H groups in total. The fraction of sp³-hybridized carbons (Fsp3) is 0.211. The van der Waals surface area contributed by atoms with Gasteiger partial charge < -0.3 is 14.4 Å². The Hall–Kier alpha value is -2.84. The molecule has 27 heavy (non-hydrogen) atoms. The van der Waals surface area contributed by atoms with Crippen molar-refractivity contribution in [3.8, 4) is 0 Å². The summed E-state index contributed by atoms with van der Waals surface area (Å²) >= 11 is 1.44. The summed E-state index contributed by atoms with van der Waals surface area (Å²) in [4.78, 5) is 18.3. The number of hydrogen-bond acceptors (Lipinski definition) is 6. The van der Waals surface area contributed by atoms with Crippen molar-refractivity contribution in [1.82, 2.24) is 20.1 Å². The van der Waals surface area contributed by atoms with E-state index in [-0.39, 0.29) is 24.8 Å². The molecule has 0 radical (unpaired) electrons. The zero-order chi connectivity index (χ0) is 18.9. The highest BCUT2D eigenvalue weighted by atomic mass is 32.2. The van der Waals surface area contributed by atoms with Crippen molar-refractivity contribution in [1.29, 1.82) is 0 Å². The van der Waals surface area contributed by atoms with Crippen LogP contribution in [0.25, 0.3) is 6.08 Å². The molecule has 0 saturated carbocycles. The Bertz CT molecular complexity index is 862. The zero-order valence-corrected chi connectivity index (χ0v) is 15.4. The first-order valence-electron chi connectivity index (χ1n) is 8.45. The summed E-state index contributed by atoms with van der Waals surface area (Å²) in [6.07, 6.45) is 5.28. The van der Waals surface area contributed by atoms with E-state index >= 15 is 0 Å². The molecule has 1 amide bonds. The lowest BCUT2D eigenvalue weighted by atomic mass is 10.2. The average molecular weight is 384 g/mol. The molecule has 0 aliphatic rings. The van der Waals surface area contributed by atoms with Gasteiger partial charge in [0.1, 0.15) is 12.1 Å². The number of H-pyrrole nitrogens is 1. The zero-order valence-electron chi connectivity index (χ0n) is 14.6. The number of aromatic nitrogens is 3. The standard InChI is InChI=1S/C19H20N4O3S/c24-12-11-23(10-4-7-15-5-2-1-3-6-15)18(25)17-9-8-16(26-17)13-27-19-20-14-21-22-19/h1-9,14,24H,10-13H2,(H,20,21,22)/b7-4+. The van der Waals surface area contributed by atoms with Crippen LogP contribution in [0.1, 0.15) is 21.9 Å². The maximum Gasteiger partial charge on any atom is 0.289 e. The van der Waals surface area contributed by atoms with Gasteiger partial charge in [-0.25, -0.2) is 4.98 Å². The molecule has 0 saturated heterocycles. The van der Waals surface area contributed by atoms with Gasteiger partial charge in [0, 0.05) is 13.1 Å². The van der Waals surface area contributed by atoms with Gasteiger partial charge in [-0.3, -0.25) is 9.89 Å². The molecule has 0 atom stereocenters. The van der Waals surface area contributed by atoms with Crippen LogP contribution in [0.15, 0.2) is 64.4 Å². The normalized spacial score (nSPS) is 11.1. The van der Waals surface area contributed by atoms with Crippen molar-refractivity contribution in [2.45, 2.75) is 10.9 Å². The molecule has 2 heterocycles. The SMILES string of the molecule is O=C(c1ccc(CSc2ncn[nH]2)o1)N(C/C=C/c1ccccc1)CCO. The van der Waals surface area contributed by atoms with Crippen molar-refractivity contribution in [3.05, 3.63) is 72.0 Å². The summed E-state index contributed by atoms with van der Waals surface area (Å²) in [6, 6.07) is 13.3. The van der Waals surface area contributed by atoms with E-state index in [0.29, 0.717) is 23.2 Å². The Morgan fingerprint density at radius 1 is 1.26 bits per heavy atom. The largest absolute Gasteiger partial charge is 0.455 e. The number of thioether (sulfide) groups is 1. The Morgan fingerprint density at radius 3 is 2.85 bits per heavy atom. The molecule has 0 unspecified atom stereocenters. The van der Waals surface area contributed by atoms with Crippen LogP contribution in [-0.2, 0) is 5.75 Å². The highest BCUT2D eigenvalue weighted by Gasteiger charge is 2.18. The highest BCUT2D eigenvalue weighted by Crippen LogP contribution is 2.20. The molecular weight excluding hydrogens is 364 g/mol. The number of nitrogens with one attached hydrogen (secondary N) is 1. The number of amides is 1. The molecule has 1 aromatic carbocycles. The Kier molecular flexibility index (Phi) is 6.84. The predicted molar refractivity (Wildman–Crippen MR) is 103 cm³/mol. The number of carbonyl (C=O) groups excluding carboxylic acids is 1. The van der Waals surface area contributed by atoms with Crippen LogP contribution in [0.5, 0.6) is 0 Å². The Morgan fingerprint density at radius 2 is 2.11 bits per heavy atom. The molecule has 7 nitrogen and oxygen atoms in total. The molecule has 0 spiro atoms. The van der Waals surface area contributed by atoms with Crippen LogP contribution in [-0.4, -0.2) is 50.8 Å². The minimum absolute atomic E-state index is 0.111. The number of aromatic amines is 1. The lowest BCUT2D eigenvalue weighted by Gasteiger charge is -2.18. The van der Waals surface area contributed by atoms with Gasteiger partial charge in [0.25, 0.3) is 5.91 Å². The molecule has 2 aromatic heterocycles. The second kappa shape index (κ2) is 9.75. The predicted octanol–water partition coefficient (Wildman–Crippen LogP) is 2.84. The molecule has 0 aliphatic heterocycles. The number of nitrogens with zero attached hydrogens (tertiary/aromatic N) is 3. The summed E-state index contributed by atoms with van der Waals surface area (Å²) < 4.78 is 5.66. The molecule has 140 valence electrons. The third-order valence-electron chi connectivity index (χ3n) is 3.71. The number of benzene rings is 1. The van der Waals surface area contributed by atoms with Crippen LogP contribution in [0, 0.1) is 0 Å². The number of hydrogen-bond donors (Lipinski definition) is 2. The average Bonchev–Trinajstić information content (AvgIpc) is 3.38. The lowest BCUT2D eigenvalue weighted by Crippen LogP contribution is -2.33. The third-order valence-corrected chi connectivity index (χ3v) is 4.61. The van der Waals surface area contributed by atoms with Crippen LogP contribution in [0.2, 0.25) is 0 Å². The maximum absolute atomic E-state index is 12.7. The minimum atomic E-state index is -0.252. The molecule has 3 aromatic rings. The van der Waals surface area contributed by atoms with Crippen LogP contribution >= 0.6 is 11.8 Å². The number of carbonyl (C=O) groups is 1. The minimum Gasteiger partial charge on any atom is -0.455 e. The van der Waals surface area contributed by atoms with Crippen molar-refractivity contribution in [2.24, 2.45) is 0 Å². The number of aliphatic hydroxyl groups is 1. The molecule has 3 rings (SSSR count). The fourth-order valence-corrected chi connectivity index (χ4v) is 3.08. The first kappa shape index (κ1) is 18.9. The summed E-state index contributed by atoms with van der Waals surface area (Å²) in [7, 11) is 0. The summed E-state index contributed by atoms with van der Waals surface area (Å²) in [5, 5.41) is 16.5. The van der Waals surface area contributed by atoms with E-state index in [1.165, 1.54) is 18.1 Å². The fourth-order valence-electron chi connectivity index (χ4n) is 2.41. The van der Waals surface area contributed by atoms with Crippen molar-refractivity contribution >= 4 is 23.7 Å². The van der Waals surface area contributed by atoms with Gasteiger partial charge in [-0.05, 0) is 17.7 Å². The lowest BCUT2D eigenvalue weighted by molar-refractivity contribution is 0.0710. The Balaban J connectivity index is 1.59. The van der Waals surface area contributed by atoms with Crippen molar-refractivity contribution < 1.29 is 14.3 Å². The van der Waals surface area contributed by atoms with E-state index in [0.717, 1.165) is 5.56 Å². The van der Waals surface area contributed by atoms with E-state index < -0.39 is 0 Å². The van der Waals surface area contributed by atoms with E-state index in [1.54, 1.807) is 17.0 Å². The topological polar surface area (TPSA) is 95.2 Å². The van der Waals surface area contributed by atoms with E-state index in [1.807, 2.05) is 42.5 Å². The third kappa shape index (κ3) is 5.57. The van der Waals surface area contributed by atoms with Crippen LogP contribution < -0.4 is 0 Å². The second-order valence-corrected chi connectivity index (χ2v) is 6.60. The molecule has 0 bridgehead atoms. The van der Waals surface area contributed by atoms with Gasteiger partial charge in [0.2, 0.25) is 0 Å². The van der Waals surface area contributed by atoms with Crippen molar-refractivity contribution in [2.75, 3.05) is 19.7 Å². The van der Waals surface area contributed by atoms with E-state index in [2.05, 4.69) is 15.2 Å². The van der Waals surface area contributed by atoms with Gasteiger partial charge in [-0.1, -0.05) is 54.2 Å². The number of rotatable bonds is 9. The number of aliphatic hydroxyl groups excluding tert-OH is 1. The highest BCUT2D eigenvalue weighted by molar-refractivity contribution is 7.98. The van der Waals surface area contributed by atoms with Gasteiger partial charge in [0.05, 0.1) is 12.4 Å². The van der Waals surface area contributed by atoms with Gasteiger partial charge in [-0.2, -0.15) is 5.10 Å². The monoisotopic (exact) mass is 384 g/mol. The molecule has 8 heteroatoms. The first-order chi connectivity index (χ1) is 13.3.